The summed E-state index contributed by atoms with van der Waals surface area (Å²) in [6.45, 7) is 0. The Morgan fingerprint density at radius 3 is 1.66 bits per heavy atom. The van der Waals surface area contributed by atoms with Crippen LogP contribution in [0.2, 0.25) is 0 Å². The van der Waals surface area contributed by atoms with E-state index < -0.39 is 0 Å². The van der Waals surface area contributed by atoms with Crippen LogP contribution in [0.4, 0.5) is 17.1 Å². The first-order chi connectivity index (χ1) is 30.2. The second kappa shape index (κ2) is 14.5. The van der Waals surface area contributed by atoms with Gasteiger partial charge in [-0.1, -0.05) is 158 Å². The van der Waals surface area contributed by atoms with E-state index in [-0.39, 0.29) is 0 Å². The molecule has 0 radical (unpaired) electrons. The van der Waals surface area contributed by atoms with E-state index in [2.05, 4.69) is 217 Å². The maximum absolute atomic E-state index is 6.31. The SMILES string of the molecule is c1cc(-c2cccc3oc4ccccc4c23)cc(N(c2ccc(-c3ccc(-c4ccc5ccccc5c4)cc3)cc2)c2ccc(-c3cccc4sc5ccccc5c34)cc2)c1. The van der Waals surface area contributed by atoms with Crippen molar-refractivity contribution in [2.45, 2.75) is 0 Å². The van der Waals surface area contributed by atoms with Crippen molar-refractivity contribution in [1.29, 1.82) is 0 Å². The van der Waals surface area contributed by atoms with Crippen molar-refractivity contribution in [1.82, 2.24) is 0 Å². The summed E-state index contributed by atoms with van der Waals surface area (Å²) in [4.78, 5) is 2.37. The van der Waals surface area contributed by atoms with Gasteiger partial charge in [-0.3, -0.25) is 0 Å². The monoisotopic (exact) mass is 795 g/mol. The van der Waals surface area contributed by atoms with Crippen LogP contribution in [-0.2, 0) is 0 Å². The topological polar surface area (TPSA) is 16.4 Å². The van der Waals surface area contributed by atoms with Crippen LogP contribution in [0, 0.1) is 0 Å². The van der Waals surface area contributed by atoms with Gasteiger partial charge in [0.1, 0.15) is 11.2 Å². The lowest BCUT2D eigenvalue weighted by atomic mass is 9.97. The van der Waals surface area contributed by atoms with Gasteiger partial charge in [0.15, 0.2) is 0 Å². The lowest BCUT2D eigenvalue weighted by Gasteiger charge is -2.26. The molecule has 0 aliphatic rings. The number of fused-ring (bicyclic) bond motifs is 7. The van der Waals surface area contributed by atoms with E-state index >= 15 is 0 Å². The molecule has 10 aromatic carbocycles. The molecule has 12 rings (SSSR count). The third-order valence-corrected chi connectivity index (χ3v) is 13.2. The number of hydrogen-bond donors (Lipinski definition) is 0. The minimum absolute atomic E-state index is 0.894. The summed E-state index contributed by atoms with van der Waals surface area (Å²) in [6, 6.07) is 81.2. The highest BCUT2D eigenvalue weighted by Gasteiger charge is 2.18. The fourth-order valence-corrected chi connectivity index (χ4v) is 10.2. The number of para-hydroxylation sites is 1. The molecule has 0 amide bonds. The predicted octanol–water partition coefficient (Wildman–Crippen LogP) is 17.2. The van der Waals surface area contributed by atoms with Crippen molar-refractivity contribution < 1.29 is 4.42 Å². The molecule has 0 saturated heterocycles. The number of thiophene rings is 1. The first-order valence-electron chi connectivity index (χ1n) is 20.7. The molecule has 0 fully saturated rings. The molecule has 0 saturated carbocycles. The summed E-state index contributed by atoms with van der Waals surface area (Å²) in [7, 11) is 0. The van der Waals surface area contributed by atoms with Crippen molar-refractivity contribution >= 4 is 81.3 Å². The Hall–Kier alpha value is -7.72. The molecule has 2 nitrogen and oxygen atoms in total. The quantitative estimate of drug-likeness (QED) is 0.160. The summed E-state index contributed by atoms with van der Waals surface area (Å²) >= 11 is 1.86. The molecule has 0 aliphatic heterocycles. The van der Waals surface area contributed by atoms with E-state index in [0.29, 0.717) is 0 Å². The average molecular weight is 796 g/mol. The van der Waals surface area contributed by atoms with Gasteiger partial charge in [0.05, 0.1) is 0 Å². The number of anilines is 3. The summed E-state index contributed by atoms with van der Waals surface area (Å²) < 4.78 is 8.93. The molecule has 61 heavy (non-hydrogen) atoms. The van der Waals surface area contributed by atoms with Crippen LogP contribution in [0.5, 0.6) is 0 Å². The fourth-order valence-electron chi connectivity index (χ4n) is 9.11. The van der Waals surface area contributed by atoms with Crippen molar-refractivity contribution in [2.75, 3.05) is 4.90 Å². The Kier molecular flexibility index (Phi) is 8.39. The van der Waals surface area contributed by atoms with Crippen LogP contribution in [0.3, 0.4) is 0 Å². The smallest absolute Gasteiger partial charge is 0.136 e. The molecule has 3 heteroatoms. The van der Waals surface area contributed by atoms with Gasteiger partial charge in [-0.25, -0.2) is 0 Å². The highest BCUT2D eigenvalue weighted by atomic mass is 32.1. The third kappa shape index (κ3) is 6.18. The van der Waals surface area contributed by atoms with Gasteiger partial charge in [0, 0.05) is 48.0 Å². The van der Waals surface area contributed by atoms with E-state index in [4.69, 9.17) is 4.42 Å². The van der Waals surface area contributed by atoms with Crippen LogP contribution < -0.4 is 4.90 Å². The van der Waals surface area contributed by atoms with Crippen molar-refractivity contribution in [3.63, 3.8) is 0 Å². The summed E-state index contributed by atoms with van der Waals surface area (Å²) in [5.74, 6) is 0. The van der Waals surface area contributed by atoms with Crippen molar-refractivity contribution in [3.8, 4) is 44.5 Å². The number of nitrogens with zero attached hydrogens (tertiary/aromatic N) is 1. The van der Waals surface area contributed by atoms with Gasteiger partial charge in [-0.2, -0.15) is 0 Å². The van der Waals surface area contributed by atoms with Gasteiger partial charge in [0.25, 0.3) is 0 Å². The number of rotatable bonds is 7. The average Bonchev–Trinajstić information content (AvgIpc) is 3.91. The van der Waals surface area contributed by atoms with Gasteiger partial charge >= 0.3 is 0 Å². The zero-order valence-electron chi connectivity index (χ0n) is 33.1. The zero-order chi connectivity index (χ0) is 40.3. The minimum atomic E-state index is 0.894. The summed E-state index contributed by atoms with van der Waals surface area (Å²) in [5, 5.41) is 7.41. The van der Waals surface area contributed by atoms with Crippen molar-refractivity contribution in [2.24, 2.45) is 0 Å². The van der Waals surface area contributed by atoms with Crippen LogP contribution >= 0.6 is 11.3 Å². The lowest BCUT2D eigenvalue weighted by Crippen LogP contribution is -2.10. The van der Waals surface area contributed by atoms with Gasteiger partial charge in [-0.05, 0) is 122 Å². The number of hydrogen-bond acceptors (Lipinski definition) is 3. The molecular weight excluding hydrogens is 759 g/mol. The molecule has 0 atom stereocenters. The van der Waals surface area contributed by atoms with E-state index in [1.54, 1.807) is 0 Å². The Morgan fingerprint density at radius 1 is 0.311 bits per heavy atom. The molecule has 0 N–H and O–H groups in total. The molecule has 0 aliphatic carbocycles. The van der Waals surface area contributed by atoms with Crippen LogP contribution in [0.1, 0.15) is 0 Å². The molecule has 0 spiro atoms. The largest absolute Gasteiger partial charge is 0.456 e. The summed E-state index contributed by atoms with van der Waals surface area (Å²) in [6.07, 6.45) is 0. The Bertz CT molecular complexity index is 3580. The molecule has 2 heterocycles. The van der Waals surface area contributed by atoms with Gasteiger partial charge < -0.3 is 9.32 Å². The Balaban J connectivity index is 0.939. The molecule has 0 bridgehead atoms. The van der Waals surface area contributed by atoms with Crippen LogP contribution in [0.15, 0.2) is 229 Å². The highest BCUT2D eigenvalue weighted by molar-refractivity contribution is 7.25. The molecule has 286 valence electrons. The lowest BCUT2D eigenvalue weighted by molar-refractivity contribution is 0.669. The third-order valence-electron chi connectivity index (χ3n) is 12.1. The molecule has 0 unspecified atom stereocenters. The zero-order valence-corrected chi connectivity index (χ0v) is 33.9. The Morgan fingerprint density at radius 2 is 0.869 bits per heavy atom. The molecule has 12 aromatic rings. The van der Waals surface area contributed by atoms with Crippen LogP contribution in [-0.4, -0.2) is 0 Å². The molecule has 2 aromatic heterocycles. The van der Waals surface area contributed by atoms with E-state index in [0.717, 1.165) is 50.1 Å². The molecular formula is C58H37NOS. The maximum Gasteiger partial charge on any atom is 0.136 e. The minimum Gasteiger partial charge on any atom is -0.456 e. The highest BCUT2D eigenvalue weighted by Crippen LogP contribution is 2.43. The normalized spacial score (nSPS) is 11.6. The standard InChI is InChI=1S/C58H37NOS/c1-2-11-43-36-44(27-26-38(43)10-1)41-24-22-39(23-25-41)40-28-32-46(33-29-40)59(47-34-30-42(31-35-47)49-17-9-21-56-58(49)52-15-4-6-20-55(52)61-56)48-13-7-12-45(37-48)50-16-8-19-54-57(50)51-14-3-5-18-53(51)60-54/h1-37H. The maximum atomic E-state index is 6.31. The van der Waals surface area contributed by atoms with E-state index in [1.165, 1.54) is 64.3 Å². The van der Waals surface area contributed by atoms with Gasteiger partial charge in [-0.15, -0.1) is 11.3 Å². The van der Waals surface area contributed by atoms with Gasteiger partial charge in [0.2, 0.25) is 0 Å². The van der Waals surface area contributed by atoms with E-state index in [1.807, 2.05) is 23.5 Å². The second-order valence-electron chi connectivity index (χ2n) is 15.7. The van der Waals surface area contributed by atoms with Crippen LogP contribution in [0.25, 0.3) is 97.4 Å². The van der Waals surface area contributed by atoms with Crippen molar-refractivity contribution in [3.05, 3.63) is 224 Å². The first-order valence-corrected chi connectivity index (χ1v) is 21.5. The summed E-state index contributed by atoms with van der Waals surface area (Å²) in [5.41, 5.74) is 14.6. The number of furan rings is 1. The van der Waals surface area contributed by atoms with E-state index in [9.17, 15) is 0 Å². The fraction of sp³-hybridized carbons (Fsp3) is 0. The number of benzene rings is 10. The Labute approximate surface area is 357 Å². The first kappa shape index (κ1) is 35.2. The predicted molar refractivity (Wildman–Crippen MR) is 261 cm³/mol. The second-order valence-corrected chi connectivity index (χ2v) is 16.8.